The van der Waals surface area contributed by atoms with Crippen LogP contribution >= 0.6 is 0 Å². The molecule has 6 nitrogen and oxygen atoms in total. The smallest absolute Gasteiger partial charge is 0.263 e. The highest BCUT2D eigenvalue weighted by Gasteiger charge is 2.29. The number of ether oxygens (including phenoxy) is 1. The van der Waals surface area contributed by atoms with Crippen molar-refractivity contribution in [1.82, 2.24) is 9.21 Å². The van der Waals surface area contributed by atoms with Gasteiger partial charge in [0.25, 0.3) is 5.91 Å². The first-order valence-corrected chi connectivity index (χ1v) is 10.3. The average molecular weight is 368 g/mol. The molecule has 7 heteroatoms. The van der Waals surface area contributed by atoms with E-state index in [1.807, 2.05) is 24.3 Å². The molecule has 0 bridgehead atoms. The lowest BCUT2D eigenvalue weighted by Gasteiger charge is -2.34. The molecule has 1 aliphatic heterocycles. The number of nitrogens with zero attached hydrogens (tertiary/aromatic N) is 2. The van der Waals surface area contributed by atoms with Crippen LogP contribution in [0.15, 0.2) is 24.3 Å². The fourth-order valence-electron chi connectivity index (χ4n) is 2.79. The molecule has 1 atom stereocenters. The second kappa shape index (κ2) is 7.33. The molecule has 0 N–H and O–H groups in total. The molecule has 1 heterocycles. The first-order chi connectivity index (χ1) is 11.5. The van der Waals surface area contributed by atoms with Crippen LogP contribution in [0.5, 0.6) is 5.75 Å². The summed E-state index contributed by atoms with van der Waals surface area (Å²) in [6.07, 6.45) is 0.586. The number of benzene rings is 1. The SMILES string of the molecule is CC(Oc1ccc(C(C)(C)C)cc1)C(=O)N1CCN(S(C)(=O)=O)CC1. The standard InChI is InChI=1S/C18H28N2O4S/c1-14(24-16-8-6-15(7-9-16)18(2,3)4)17(21)19-10-12-20(13-11-19)25(5,22)23/h6-9,14H,10-13H2,1-5H3. The molecule has 1 aromatic carbocycles. The monoisotopic (exact) mass is 368 g/mol. The minimum absolute atomic E-state index is 0.0687. The van der Waals surface area contributed by atoms with Crippen molar-refractivity contribution in [1.29, 1.82) is 0 Å². The second-order valence-corrected chi connectivity index (χ2v) is 9.50. The third-order valence-electron chi connectivity index (χ3n) is 4.40. The summed E-state index contributed by atoms with van der Waals surface area (Å²) in [5.74, 6) is 0.539. The lowest BCUT2D eigenvalue weighted by molar-refractivity contribution is -0.139. The van der Waals surface area contributed by atoms with E-state index >= 15 is 0 Å². The quantitative estimate of drug-likeness (QED) is 0.814. The summed E-state index contributed by atoms with van der Waals surface area (Å²) in [6.45, 7) is 9.60. The van der Waals surface area contributed by atoms with Gasteiger partial charge >= 0.3 is 0 Å². The van der Waals surface area contributed by atoms with Gasteiger partial charge in [-0.3, -0.25) is 4.79 Å². The normalized spacial score (nSPS) is 18.0. The molecule has 1 aliphatic rings. The van der Waals surface area contributed by atoms with E-state index in [0.717, 1.165) is 0 Å². The van der Waals surface area contributed by atoms with Crippen LogP contribution in [0.2, 0.25) is 0 Å². The first kappa shape index (κ1) is 19.7. The lowest BCUT2D eigenvalue weighted by atomic mass is 9.87. The van der Waals surface area contributed by atoms with E-state index in [1.165, 1.54) is 16.1 Å². The summed E-state index contributed by atoms with van der Waals surface area (Å²) in [6, 6.07) is 7.78. The lowest BCUT2D eigenvalue weighted by Crippen LogP contribution is -2.53. The fraction of sp³-hybridized carbons (Fsp3) is 0.611. The fourth-order valence-corrected chi connectivity index (χ4v) is 3.61. The van der Waals surface area contributed by atoms with E-state index < -0.39 is 16.1 Å². The second-order valence-electron chi connectivity index (χ2n) is 7.52. The van der Waals surface area contributed by atoms with Gasteiger partial charge in [-0.2, -0.15) is 4.31 Å². The Hall–Kier alpha value is -1.60. The van der Waals surface area contributed by atoms with Crippen LogP contribution in [-0.4, -0.2) is 62.1 Å². The molecule has 1 fully saturated rings. The van der Waals surface area contributed by atoms with Gasteiger partial charge < -0.3 is 9.64 Å². The first-order valence-electron chi connectivity index (χ1n) is 8.49. The zero-order valence-electron chi connectivity index (χ0n) is 15.7. The Kier molecular flexibility index (Phi) is 5.79. The van der Waals surface area contributed by atoms with Crippen LogP contribution in [0.25, 0.3) is 0 Å². The molecule has 1 amide bonds. The van der Waals surface area contributed by atoms with Gasteiger partial charge in [-0.1, -0.05) is 32.9 Å². The van der Waals surface area contributed by atoms with Crippen molar-refractivity contribution in [2.45, 2.75) is 39.2 Å². The van der Waals surface area contributed by atoms with Gasteiger partial charge in [0, 0.05) is 26.2 Å². The predicted molar refractivity (Wildman–Crippen MR) is 98.2 cm³/mol. The van der Waals surface area contributed by atoms with Gasteiger partial charge in [-0.05, 0) is 30.0 Å². The van der Waals surface area contributed by atoms with Crippen LogP contribution in [0, 0.1) is 0 Å². The summed E-state index contributed by atoms with van der Waals surface area (Å²) in [5.41, 5.74) is 1.27. The van der Waals surface area contributed by atoms with Crippen LogP contribution in [0.3, 0.4) is 0 Å². The molecule has 0 aliphatic carbocycles. The maximum absolute atomic E-state index is 12.5. The highest BCUT2D eigenvalue weighted by atomic mass is 32.2. The van der Waals surface area contributed by atoms with Crippen LogP contribution in [-0.2, 0) is 20.2 Å². The summed E-state index contributed by atoms with van der Waals surface area (Å²) in [4.78, 5) is 14.2. The Morgan fingerprint density at radius 3 is 2.04 bits per heavy atom. The van der Waals surface area contributed by atoms with Crippen molar-refractivity contribution < 1.29 is 17.9 Å². The van der Waals surface area contributed by atoms with E-state index in [1.54, 1.807) is 11.8 Å². The van der Waals surface area contributed by atoms with Gasteiger partial charge in [0.05, 0.1) is 6.26 Å². The molecule has 0 saturated carbocycles. The number of rotatable bonds is 4. The van der Waals surface area contributed by atoms with E-state index in [9.17, 15) is 13.2 Å². The average Bonchev–Trinajstić information content (AvgIpc) is 2.53. The highest BCUT2D eigenvalue weighted by molar-refractivity contribution is 7.88. The van der Waals surface area contributed by atoms with Gasteiger partial charge in [0.2, 0.25) is 10.0 Å². The van der Waals surface area contributed by atoms with Crippen LogP contribution in [0.1, 0.15) is 33.3 Å². The van der Waals surface area contributed by atoms with Crippen molar-refractivity contribution in [3.05, 3.63) is 29.8 Å². The van der Waals surface area contributed by atoms with Gasteiger partial charge in [-0.25, -0.2) is 8.42 Å². The van der Waals surface area contributed by atoms with Crippen LogP contribution < -0.4 is 4.74 Å². The number of sulfonamides is 1. The van der Waals surface area contributed by atoms with E-state index in [-0.39, 0.29) is 11.3 Å². The highest BCUT2D eigenvalue weighted by Crippen LogP contribution is 2.24. The predicted octanol–water partition coefficient (Wildman–Crippen LogP) is 1.86. The van der Waals surface area contributed by atoms with Gasteiger partial charge in [-0.15, -0.1) is 0 Å². The molecule has 1 unspecified atom stereocenters. The Balaban J connectivity index is 1.93. The van der Waals surface area contributed by atoms with Gasteiger partial charge in [0.15, 0.2) is 6.10 Å². The molecular weight excluding hydrogens is 340 g/mol. The number of carbonyl (C=O) groups is 1. The zero-order chi connectivity index (χ0) is 18.8. The summed E-state index contributed by atoms with van der Waals surface area (Å²) in [7, 11) is -3.20. The zero-order valence-corrected chi connectivity index (χ0v) is 16.5. The molecule has 2 rings (SSSR count). The number of amides is 1. The third kappa shape index (κ3) is 5.19. The molecule has 1 aromatic rings. The molecule has 0 radical (unpaired) electrons. The number of piperazine rings is 1. The number of hydrogen-bond acceptors (Lipinski definition) is 4. The van der Waals surface area contributed by atoms with E-state index in [4.69, 9.17) is 4.74 Å². The van der Waals surface area contributed by atoms with Crippen molar-refractivity contribution in [3.63, 3.8) is 0 Å². The molecule has 0 spiro atoms. The molecule has 25 heavy (non-hydrogen) atoms. The Bertz CT molecular complexity index is 700. The maximum Gasteiger partial charge on any atom is 0.263 e. The summed E-state index contributed by atoms with van der Waals surface area (Å²) in [5, 5.41) is 0. The molecular formula is C18H28N2O4S. The number of carbonyl (C=O) groups excluding carboxylic acids is 1. The number of hydrogen-bond donors (Lipinski definition) is 0. The largest absolute Gasteiger partial charge is 0.481 e. The van der Waals surface area contributed by atoms with Crippen LogP contribution in [0.4, 0.5) is 0 Å². The van der Waals surface area contributed by atoms with Crippen molar-refractivity contribution in [2.75, 3.05) is 32.4 Å². The van der Waals surface area contributed by atoms with E-state index in [2.05, 4.69) is 20.8 Å². The van der Waals surface area contributed by atoms with Crippen molar-refractivity contribution in [3.8, 4) is 5.75 Å². The maximum atomic E-state index is 12.5. The van der Waals surface area contributed by atoms with Crippen molar-refractivity contribution in [2.24, 2.45) is 0 Å². The van der Waals surface area contributed by atoms with E-state index in [0.29, 0.717) is 31.9 Å². The molecule has 1 saturated heterocycles. The summed E-state index contributed by atoms with van der Waals surface area (Å²) >= 11 is 0. The minimum atomic E-state index is -3.20. The van der Waals surface area contributed by atoms with Gasteiger partial charge in [0.1, 0.15) is 5.75 Å². The molecule has 140 valence electrons. The Labute approximate surface area is 150 Å². The third-order valence-corrected chi connectivity index (χ3v) is 5.70. The molecule has 0 aromatic heterocycles. The Morgan fingerprint density at radius 1 is 1.08 bits per heavy atom. The summed E-state index contributed by atoms with van der Waals surface area (Å²) < 4.78 is 30.2. The Morgan fingerprint density at radius 2 is 1.60 bits per heavy atom. The van der Waals surface area contributed by atoms with Crippen molar-refractivity contribution >= 4 is 15.9 Å². The minimum Gasteiger partial charge on any atom is -0.481 e. The topological polar surface area (TPSA) is 66.9 Å².